The summed E-state index contributed by atoms with van der Waals surface area (Å²) in [6.07, 6.45) is 62.5. The Hall–Kier alpha value is -4.33. The van der Waals surface area contributed by atoms with E-state index in [4.69, 9.17) is 28.4 Å². The number of ether oxygens (including phenoxy) is 6. The van der Waals surface area contributed by atoms with Crippen molar-refractivity contribution >= 4 is 5.91 Å². The number of nitrogens with one attached hydrogen (secondary N) is 1. The van der Waals surface area contributed by atoms with E-state index in [1.807, 2.05) is 6.08 Å². The smallest absolute Gasteiger partial charge is 0.220 e. The van der Waals surface area contributed by atoms with E-state index in [1.165, 1.54) is 83.5 Å². The lowest BCUT2D eigenvalue weighted by Gasteiger charge is -2.48. The summed E-state index contributed by atoms with van der Waals surface area (Å²) in [6, 6.07) is -0.995. The van der Waals surface area contributed by atoms with Crippen molar-refractivity contribution < 1.29 is 89.4 Å². The number of carbonyl (C=O) groups is 1. The van der Waals surface area contributed by atoms with E-state index in [0.29, 0.717) is 6.42 Å². The molecule has 3 aliphatic rings. The van der Waals surface area contributed by atoms with Crippen LogP contribution in [0.4, 0.5) is 0 Å². The van der Waals surface area contributed by atoms with Crippen LogP contribution >= 0.6 is 0 Å². The van der Waals surface area contributed by atoms with Crippen LogP contribution in [0.15, 0.2) is 146 Å². The monoisotopic (exact) mass is 1440 g/mol. The SMILES string of the molecule is CC/C=C\C/C=C\C/C=C\C/C=C\C/C=C\C/C=C\C/C=C\C/C=C\C/C=C\C/C=C\C/C=C\CCCCCCCC(=O)NC(COC1OC(CO)C(OC2OC(CO)C(OC3OC(CO)C(O)C(O)C3O)C(O)C2O)C(O)C1O)C(O)/C=C/CCCCCCCCCCCCCCCCCC. The number of hydrogen-bond donors (Lipinski definition) is 12. The summed E-state index contributed by atoms with van der Waals surface area (Å²) >= 11 is 0. The molecule has 0 saturated carbocycles. The maximum atomic E-state index is 13.4. The predicted molar refractivity (Wildman–Crippen MR) is 406 cm³/mol. The van der Waals surface area contributed by atoms with Crippen molar-refractivity contribution in [2.24, 2.45) is 0 Å². The average molecular weight is 1440 g/mol. The minimum absolute atomic E-state index is 0.211. The molecule has 1 amide bonds. The van der Waals surface area contributed by atoms with Gasteiger partial charge in [0, 0.05) is 6.42 Å². The molecule has 0 aliphatic carbocycles. The lowest BCUT2D eigenvalue weighted by molar-refractivity contribution is -0.379. The zero-order chi connectivity index (χ0) is 73.9. The van der Waals surface area contributed by atoms with Crippen LogP contribution in [0, 0.1) is 0 Å². The van der Waals surface area contributed by atoms with Gasteiger partial charge in [-0.1, -0.05) is 275 Å². The summed E-state index contributed by atoms with van der Waals surface area (Å²) in [4.78, 5) is 13.4. The summed E-state index contributed by atoms with van der Waals surface area (Å²) in [5.74, 6) is -0.299. The maximum absolute atomic E-state index is 13.4. The zero-order valence-corrected chi connectivity index (χ0v) is 62.0. The van der Waals surface area contributed by atoms with Crippen LogP contribution in [-0.4, -0.2) is 193 Å². The molecule has 0 bridgehead atoms. The van der Waals surface area contributed by atoms with Gasteiger partial charge >= 0.3 is 0 Å². The maximum Gasteiger partial charge on any atom is 0.220 e. The van der Waals surface area contributed by atoms with Gasteiger partial charge in [-0.3, -0.25) is 4.79 Å². The highest BCUT2D eigenvalue weighted by molar-refractivity contribution is 5.76. The normalized spacial score (nSPS) is 27.0. The Kier molecular flexibility index (Phi) is 55.7. The third-order valence-corrected chi connectivity index (χ3v) is 18.4. The van der Waals surface area contributed by atoms with Crippen LogP contribution in [0.1, 0.15) is 239 Å². The lowest BCUT2D eigenvalue weighted by atomic mass is 9.96. The van der Waals surface area contributed by atoms with E-state index in [0.717, 1.165) is 128 Å². The molecule has 17 unspecified atom stereocenters. The van der Waals surface area contributed by atoms with Crippen LogP contribution in [0.3, 0.4) is 0 Å². The Morgan fingerprint density at radius 3 is 1.06 bits per heavy atom. The Labute approximate surface area is 613 Å². The standard InChI is InChI=1S/C83H137NO18/c1-3-5-7-9-11-13-15-17-19-21-23-24-25-26-27-28-29-30-31-32-33-34-35-36-37-38-39-40-41-42-43-45-47-49-51-53-55-57-59-61-71(89)84-66(67(88)60-58-56-54-52-50-48-46-44-22-20-18-16-14-12-10-8-6-4-2)65-97-81-77(95)74(92)79(69(63-86)99-81)102-83-78(96)75(93)80(70(64-87)100-83)101-82-76(94)73(91)72(90)68(62-85)98-82/h5,7,11,13,17,19,23-24,26-27,29-30,32-33,35-36,38-39,41-42,45,47,58,60,66-70,72-83,85-88,90-96H,3-4,6,8-10,12,14-16,18,20-22,25,28,31,34,37,40,43-44,46,48-57,59,61-65H2,1-2H3,(H,84,89)/b7-5-,13-11-,19-17-,24-23-,27-26-,30-29-,33-32-,36-35-,39-38-,42-41-,47-45-,60-58+. The fourth-order valence-corrected chi connectivity index (χ4v) is 12.1. The topological polar surface area (TPSA) is 307 Å². The molecular formula is C83H137NO18. The largest absolute Gasteiger partial charge is 0.394 e. The third-order valence-electron chi connectivity index (χ3n) is 18.4. The van der Waals surface area contributed by atoms with Gasteiger partial charge in [0.05, 0.1) is 38.6 Å². The van der Waals surface area contributed by atoms with E-state index in [9.17, 15) is 61.0 Å². The first-order valence-corrected chi connectivity index (χ1v) is 39.1. The Balaban J connectivity index is 1.37. The van der Waals surface area contributed by atoms with E-state index in [2.05, 4.69) is 153 Å². The molecule has 3 rings (SSSR count). The molecule has 19 heteroatoms. The van der Waals surface area contributed by atoms with E-state index >= 15 is 0 Å². The quantitative estimate of drug-likeness (QED) is 0.0199. The molecule has 582 valence electrons. The second kappa shape index (κ2) is 61.8. The van der Waals surface area contributed by atoms with Crippen molar-refractivity contribution in [2.45, 2.75) is 343 Å². The molecule has 3 fully saturated rings. The number of aliphatic hydroxyl groups is 11. The lowest BCUT2D eigenvalue weighted by Crippen LogP contribution is -2.66. The molecule has 12 N–H and O–H groups in total. The fraction of sp³-hybridized carbons (Fsp3) is 0.699. The minimum Gasteiger partial charge on any atom is -0.394 e. The van der Waals surface area contributed by atoms with Crippen LogP contribution in [-0.2, 0) is 33.2 Å². The van der Waals surface area contributed by atoms with Gasteiger partial charge < -0.3 is 89.9 Å². The molecule has 3 saturated heterocycles. The van der Waals surface area contributed by atoms with Crippen molar-refractivity contribution in [3.05, 3.63) is 146 Å². The first kappa shape index (κ1) is 91.9. The molecule has 0 aromatic rings. The van der Waals surface area contributed by atoms with Gasteiger partial charge in [-0.2, -0.15) is 0 Å². The third kappa shape index (κ3) is 41.5. The van der Waals surface area contributed by atoms with Gasteiger partial charge in [0.1, 0.15) is 73.2 Å². The summed E-state index contributed by atoms with van der Waals surface area (Å²) < 4.78 is 34.4. The van der Waals surface area contributed by atoms with Crippen LogP contribution in [0.25, 0.3) is 0 Å². The minimum atomic E-state index is -1.99. The molecule has 102 heavy (non-hydrogen) atoms. The number of allylic oxidation sites excluding steroid dienone is 23. The van der Waals surface area contributed by atoms with Crippen LogP contribution in [0.5, 0.6) is 0 Å². The molecule has 0 spiro atoms. The van der Waals surface area contributed by atoms with Crippen molar-refractivity contribution in [2.75, 3.05) is 26.4 Å². The highest BCUT2D eigenvalue weighted by Crippen LogP contribution is 2.33. The zero-order valence-electron chi connectivity index (χ0n) is 62.0. The molecule has 0 aromatic carbocycles. The molecular weight excluding hydrogens is 1300 g/mol. The van der Waals surface area contributed by atoms with Gasteiger partial charge in [0.25, 0.3) is 0 Å². The second-order valence-corrected chi connectivity index (χ2v) is 27.1. The van der Waals surface area contributed by atoms with Crippen molar-refractivity contribution in [3.8, 4) is 0 Å². The van der Waals surface area contributed by atoms with E-state index in [1.54, 1.807) is 6.08 Å². The van der Waals surface area contributed by atoms with Crippen LogP contribution in [0.2, 0.25) is 0 Å². The Morgan fingerprint density at radius 2 is 0.676 bits per heavy atom. The van der Waals surface area contributed by atoms with Crippen molar-refractivity contribution in [1.29, 1.82) is 0 Å². The van der Waals surface area contributed by atoms with E-state index in [-0.39, 0.29) is 18.9 Å². The molecule has 0 aromatic heterocycles. The summed E-state index contributed by atoms with van der Waals surface area (Å²) in [6.45, 7) is 1.60. The van der Waals surface area contributed by atoms with Crippen molar-refractivity contribution in [1.82, 2.24) is 5.32 Å². The first-order chi connectivity index (χ1) is 49.8. The number of aliphatic hydroxyl groups excluding tert-OH is 11. The summed E-state index contributed by atoms with van der Waals surface area (Å²) in [7, 11) is 0. The van der Waals surface area contributed by atoms with Crippen LogP contribution < -0.4 is 5.32 Å². The molecule has 3 aliphatic heterocycles. The predicted octanol–water partition coefficient (Wildman–Crippen LogP) is 12.7. The number of unbranched alkanes of at least 4 members (excludes halogenated alkanes) is 21. The number of amides is 1. The van der Waals surface area contributed by atoms with Crippen molar-refractivity contribution in [3.63, 3.8) is 0 Å². The fourth-order valence-electron chi connectivity index (χ4n) is 12.1. The summed E-state index contributed by atoms with van der Waals surface area (Å²) in [5.41, 5.74) is 0. The number of rotatable bonds is 59. The van der Waals surface area contributed by atoms with Gasteiger partial charge in [-0.05, 0) is 103 Å². The summed E-state index contributed by atoms with van der Waals surface area (Å²) in [5, 5.41) is 121. The Morgan fingerprint density at radius 1 is 0.363 bits per heavy atom. The Bertz CT molecular complexity index is 2410. The highest BCUT2D eigenvalue weighted by atomic mass is 16.8. The van der Waals surface area contributed by atoms with Gasteiger partial charge in [-0.15, -0.1) is 0 Å². The first-order valence-electron chi connectivity index (χ1n) is 39.1. The van der Waals surface area contributed by atoms with E-state index < -0.39 is 124 Å². The number of hydrogen-bond acceptors (Lipinski definition) is 18. The van der Waals surface area contributed by atoms with Gasteiger partial charge in [0.2, 0.25) is 5.91 Å². The molecule has 3 heterocycles. The molecule has 0 radical (unpaired) electrons. The van der Waals surface area contributed by atoms with Gasteiger partial charge in [-0.25, -0.2) is 0 Å². The molecule has 19 nitrogen and oxygen atoms in total. The van der Waals surface area contributed by atoms with Gasteiger partial charge in [0.15, 0.2) is 18.9 Å². The molecule has 17 atom stereocenters. The average Bonchev–Trinajstić information content (AvgIpc) is 0.781. The highest BCUT2D eigenvalue weighted by Gasteiger charge is 2.53. The second-order valence-electron chi connectivity index (χ2n) is 27.1. The number of carbonyl (C=O) groups excluding carboxylic acids is 1.